The van der Waals surface area contributed by atoms with Crippen LogP contribution in [-0.2, 0) is 26.8 Å². The smallest absolute Gasteiger partial charge is 0.296 e. The lowest BCUT2D eigenvalue weighted by molar-refractivity contribution is 0.0980. The summed E-state index contributed by atoms with van der Waals surface area (Å²) in [5.41, 5.74) is 4.65. The van der Waals surface area contributed by atoms with Gasteiger partial charge < -0.3 is 16.4 Å². The molecule has 0 aliphatic heterocycles. The van der Waals surface area contributed by atoms with E-state index in [1.54, 1.807) is 7.05 Å². The van der Waals surface area contributed by atoms with Crippen LogP contribution in [0.15, 0.2) is 58.3 Å². The molecule has 13 heteroatoms. The minimum Gasteiger partial charge on any atom is -0.397 e. The maximum Gasteiger partial charge on any atom is 0.296 e. The molecule has 0 radical (unpaired) electrons. The van der Waals surface area contributed by atoms with Gasteiger partial charge in [-0.1, -0.05) is 30.3 Å². The predicted octanol–water partition coefficient (Wildman–Crippen LogP) is 2.00. The summed E-state index contributed by atoms with van der Waals surface area (Å²) in [5.74, 6) is -1.42. The Hall–Kier alpha value is -3.62. The van der Waals surface area contributed by atoms with Crippen LogP contribution in [0.2, 0.25) is 0 Å². The van der Waals surface area contributed by atoms with Crippen molar-refractivity contribution >= 4 is 48.9 Å². The number of nitrogen functional groups attached to an aromatic ring is 1. The van der Waals surface area contributed by atoms with Gasteiger partial charge in [0.15, 0.2) is 11.6 Å². The van der Waals surface area contributed by atoms with Gasteiger partial charge in [-0.05, 0) is 30.8 Å². The molecule has 3 aromatic rings. The van der Waals surface area contributed by atoms with Gasteiger partial charge in [-0.2, -0.15) is 16.8 Å². The Kier molecular flexibility index (Phi) is 5.99. The van der Waals surface area contributed by atoms with Crippen LogP contribution in [0.25, 0.3) is 0 Å². The van der Waals surface area contributed by atoms with Crippen LogP contribution in [0.4, 0.5) is 17.1 Å². The van der Waals surface area contributed by atoms with Gasteiger partial charge >= 0.3 is 0 Å². The maximum atomic E-state index is 13.4. The van der Waals surface area contributed by atoms with E-state index >= 15 is 0 Å². The molecule has 11 nitrogen and oxygen atoms in total. The number of hydrogen-bond acceptors (Lipinski definition) is 9. The minimum atomic E-state index is -4.96. The van der Waals surface area contributed by atoms with E-state index in [4.69, 9.17) is 5.73 Å². The van der Waals surface area contributed by atoms with Crippen LogP contribution in [0, 0.1) is 0 Å². The lowest BCUT2D eigenvalue weighted by Gasteiger charge is -2.24. The molecule has 6 N–H and O–H groups in total. The van der Waals surface area contributed by atoms with Crippen LogP contribution >= 0.6 is 0 Å². The molecule has 182 valence electrons. The zero-order chi connectivity index (χ0) is 25.7. The van der Waals surface area contributed by atoms with Crippen LogP contribution in [-0.4, -0.2) is 44.6 Å². The summed E-state index contributed by atoms with van der Waals surface area (Å²) < 4.78 is 67.5. The first kappa shape index (κ1) is 24.5. The number of carbonyl (C=O) groups is 2. The number of fused-ring (bicyclic) bond motifs is 2. The van der Waals surface area contributed by atoms with Crippen LogP contribution < -0.4 is 16.4 Å². The second-order valence-electron chi connectivity index (χ2n) is 7.73. The van der Waals surface area contributed by atoms with E-state index in [1.807, 2.05) is 0 Å². The number of hydrogen-bond donors (Lipinski definition) is 5. The highest BCUT2D eigenvalue weighted by molar-refractivity contribution is 7.86. The van der Waals surface area contributed by atoms with Crippen molar-refractivity contribution in [3.63, 3.8) is 0 Å². The summed E-state index contributed by atoms with van der Waals surface area (Å²) in [7, 11) is -8.06. The zero-order valence-corrected chi connectivity index (χ0v) is 19.7. The molecule has 0 heterocycles. The largest absolute Gasteiger partial charge is 0.397 e. The highest BCUT2D eigenvalue weighted by Gasteiger charge is 2.36. The first-order chi connectivity index (χ1) is 16.3. The third kappa shape index (κ3) is 4.31. The number of carbonyl (C=O) groups excluding carboxylic acids is 2. The molecule has 0 unspecified atom stereocenters. The Bertz CT molecular complexity index is 1630. The van der Waals surface area contributed by atoms with Crippen molar-refractivity contribution in [1.82, 2.24) is 5.32 Å². The minimum absolute atomic E-state index is 0.00946. The third-order valence-electron chi connectivity index (χ3n) is 5.45. The first-order valence-corrected chi connectivity index (χ1v) is 12.9. The van der Waals surface area contributed by atoms with Crippen molar-refractivity contribution in [2.75, 3.05) is 18.1 Å². The number of nitrogens with two attached hydrogens (primary N) is 1. The summed E-state index contributed by atoms with van der Waals surface area (Å²) >= 11 is 0. The summed E-state index contributed by atoms with van der Waals surface area (Å²) in [6, 6.07) is 10.6. The van der Waals surface area contributed by atoms with E-state index in [-0.39, 0.29) is 28.1 Å². The molecular weight excluding hydrogens is 498 g/mol. The van der Waals surface area contributed by atoms with E-state index in [0.717, 1.165) is 12.1 Å². The fourth-order valence-corrected chi connectivity index (χ4v) is 5.24. The van der Waals surface area contributed by atoms with Crippen molar-refractivity contribution in [3.8, 4) is 0 Å². The highest BCUT2D eigenvalue weighted by Crippen LogP contribution is 2.40. The number of nitrogens with one attached hydrogen (secondary N) is 2. The topological polar surface area (TPSA) is 193 Å². The van der Waals surface area contributed by atoms with Gasteiger partial charge in [-0.15, -0.1) is 0 Å². The number of rotatable bonds is 6. The molecule has 0 aromatic heterocycles. The average Bonchev–Trinajstić information content (AvgIpc) is 2.77. The second kappa shape index (κ2) is 8.55. The SMILES string of the molecule is CNCc1ccc(S(=O)(=O)O)c(Nc2cc(S(=O)(=O)O)c(N)c3c2C(=O)c2ccccc2C3=O)c1. The monoisotopic (exact) mass is 517 g/mol. The maximum absolute atomic E-state index is 13.4. The molecule has 0 atom stereocenters. The van der Waals surface area contributed by atoms with Gasteiger partial charge in [-0.25, -0.2) is 0 Å². The van der Waals surface area contributed by atoms with E-state index in [9.17, 15) is 35.5 Å². The van der Waals surface area contributed by atoms with Crippen LogP contribution in [0.3, 0.4) is 0 Å². The Labute approximate surface area is 200 Å². The number of ketones is 2. The molecule has 0 fully saturated rings. The normalized spacial score (nSPS) is 13.3. The Morgan fingerprint density at radius 3 is 1.91 bits per heavy atom. The van der Waals surface area contributed by atoms with Crippen molar-refractivity contribution in [2.24, 2.45) is 0 Å². The van der Waals surface area contributed by atoms with Crippen LogP contribution in [0.5, 0.6) is 0 Å². The molecule has 0 bridgehead atoms. The fraction of sp³-hybridized carbons (Fsp3) is 0.0909. The number of anilines is 3. The predicted molar refractivity (Wildman–Crippen MR) is 126 cm³/mol. The van der Waals surface area contributed by atoms with E-state index in [0.29, 0.717) is 12.1 Å². The first-order valence-electron chi connectivity index (χ1n) is 9.99. The molecular formula is C22H19N3O8S2. The molecule has 1 aliphatic carbocycles. The van der Waals surface area contributed by atoms with Crippen molar-refractivity contribution < 1.29 is 35.5 Å². The van der Waals surface area contributed by atoms with Crippen LogP contribution in [0.1, 0.15) is 37.4 Å². The molecule has 0 saturated carbocycles. The average molecular weight is 518 g/mol. The molecule has 35 heavy (non-hydrogen) atoms. The quantitative estimate of drug-likeness (QED) is 0.185. The van der Waals surface area contributed by atoms with Gasteiger partial charge in [0.05, 0.1) is 28.2 Å². The molecule has 3 aromatic carbocycles. The highest BCUT2D eigenvalue weighted by atomic mass is 32.2. The fourth-order valence-electron chi connectivity index (χ4n) is 3.96. The summed E-state index contributed by atoms with van der Waals surface area (Å²) in [6.07, 6.45) is 0. The lowest BCUT2D eigenvalue weighted by atomic mass is 9.82. The molecule has 1 aliphatic rings. The van der Waals surface area contributed by atoms with E-state index < -0.39 is 52.8 Å². The van der Waals surface area contributed by atoms with Gasteiger partial charge in [-0.3, -0.25) is 18.7 Å². The molecule has 0 saturated heterocycles. The lowest BCUT2D eigenvalue weighted by Crippen LogP contribution is -2.25. The van der Waals surface area contributed by atoms with Crippen molar-refractivity contribution in [1.29, 1.82) is 0 Å². The number of benzene rings is 3. The van der Waals surface area contributed by atoms with Gasteiger partial charge in [0, 0.05) is 17.7 Å². The third-order valence-corrected chi connectivity index (χ3v) is 7.26. The summed E-state index contributed by atoms with van der Waals surface area (Å²) in [4.78, 5) is 25.2. The van der Waals surface area contributed by atoms with Crippen molar-refractivity contribution in [3.05, 3.63) is 76.3 Å². The van der Waals surface area contributed by atoms with E-state index in [1.165, 1.54) is 36.4 Å². The van der Waals surface area contributed by atoms with Gasteiger partial charge in [0.2, 0.25) is 0 Å². The summed E-state index contributed by atoms with van der Waals surface area (Å²) in [6.45, 7) is 0.307. The van der Waals surface area contributed by atoms with Crippen molar-refractivity contribution in [2.45, 2.75) is 16.3 Å². The standard InChI is InChI=1S/C22H19N3O8S2/c1-24-10-11-6-7-16(34(28,29)30)14(8-11)25-15-9-17(35(31,32)33)20(23)19-18(15)21(26)12-4-2-3-5-13(12)22(19)27/h2-9,24-25H,10,23H2,1H3,(H,28,29,30)(H,31,32,33). The summed E-state index contributed by atoms with van der Waals surface area (Å²) in [5, 5.41) is 5.53. The molecule has 0 amide bonds. The van der Waals surface area contributed by atoms with E-state index in [2.05, 4.69) is 10.6 Å². The molecule has 4 rings (SSSR count). The zero-order valence-electron chi connectivity index (χ0n) is 18.1. The molecule has 0 spiro atoms. The Morgan fingerprint density at radius 2 is 1.37 bits per heavy atom. The van der Waals surface area contributed by atoms with Gasteiger partial charge in [0.1, 0.15) is 9.79 Å². The second-order valence-corrected chi connectivity index (χ2v) is 10.5. The Balaban J connectivity index is 2.04. The van der Waals surface area contributed by atoms with Gasteiger partial charge in [0.25, 0.3) is 20.2 Å². The Morgan fingerprint density at radius 1 is 0.800 bits per heavy atom.